The van der Waals surface area contributed by atoms with E-state index in [0.29, 0.717) is 22.8 Å². The largest absolute Gasteiger partial charge is 0.379 e. The van der Waals surface area contributed by atoms with Crippen molar-refractivity contribution in [2.24, 2.45) is 0 Å². The van der Waals surface area contributed by atoms with E-state index in [9.17, 15) is 4.79 Å². The van der Waals surface area contributed by atoms with Crippen LogP contribution in [-0.2, 0) is 6.54 Å². The molecule has 0 amide bonds. The summed E-state index contributed by atoms with van der Waals surface area (Å²) >= 11 is 0. The van der Waals surface area contributed by atoms with Crippen LogP contribution in [0.4, 0.5) is 11.4 Å². The molecule has 6 heteroatoms. The Morgan fingerprint density at radius 1 is 0.829 bits per heavy atom. The highest BCUT2D eigenvalue weighted by Crippen LogP contribution is 2.27. The molecule has 1 aliphatic rings. The highest BCUT2D eigenvalue weighted by Gasteiger charge is 2.25. The molecule has 2 aromatic heterocycles. The van der Waals surface area contributed by atoms with Crippen molar-refractivity contribution in [3.63, 3.8) is 0 Å². The molecule has 41 heavy (non-hydrogen) atoms. The summed E-state index contributed by atoms with van der Waals surface area (Å²) in [6.07, 6.45) is 3.67. The number of piperazine rings is 1. The molecule has 0 unspecified atom stereocenters. The number of benzene rings is 2. The summed E-state index contributed by atoms with van der Waals surface area (Å²) in [7, 11) is 0. The van der Waals surface area contributed by atoms with Crippen LogP contribution < -0.4 is 15.6 Å². The van der Waals surface area contributed by atoms with E-state index in [1.807, 2.05) is 48.7 Å². The first-order valence-electron chi connectivity index (χ1n) is 14.4. The number of pyridine rings is 2. The monoisotopic (exact) mass is 543 g/mol. The second kappa shape index (κ2) is 10.9. The van der Waals surface area contributed by atoms with E-state index in [4.69, 9.17) is 4.98 Å². The van der Waals surface area contributed by atoms with Gasteiger partial charge in [-0.1, -0.05) is 30.3 Å². The SMILES string of the molecule is Cc1cccnc1CNc1ccc2ccc3ncc(-c4ccc(N5CCN(C(C)(C)C)CC5)cc4)cc3c(=O)c2c1. The molecule has 1 aliphatic heterocycles. The minimum atomic E-state index is -0.0136. The molecule has 0 spiro atoms. The van der Waals surface area contributed by atoms with Gasteiger partial charge in [-0.2, -0.15) is 0 Å². The molecule has 5 aromatic rings. The van der Waals surface area contributed by atoms with E-state index < -0.39 is 0 Å². The number of nitrogens with one attached hydrogen (secondary N) is 1. The standard InChI is InChI=1S/C35H37N5O/c1-24-6-5-15-36-33(24)23-37-28-11-7-26-10-14-32-31(34(41)30(26)21-28)20-27(22-38-32)25-8-12-29(13-9-25)39-16-18-40(19-17-39)35(2,3)4/h5-15,20-22,37H,16-19,23H2,1-4H3. The van der Waals surface area contributed by atoms with Crippen LogP contribution in [0, 0.1) is 6.92 Å². The van der Waals surface area contributed by atoms with Crippen LogP contribution in [0.3, 0.4) is 0 Å². The average Bonchev–Trinajstić information content (AvgIpc) is 3.12. The van der Waals surface area contributed by atoms with Crippen LogP contribution in [0.15, 0.2) is 90.0 Å². The van der Waals surface area contributed by atoms with Gasteiger partial charge in [0.25, 0.3) is 0 Å². The Kier molecular flexibility index (Phi) is 7.18. The van der Waals surface area contributed by atoms with Crippen LogP contribution in [-0.4, -0.2) is 46.6 Å². The Morgan fingerprint density at radius 2 is 1.59 bits per heavy atom. The zero-order chi connectivity index (χ0) is 28.6. The molecular weight excluding hydrogens is 506 g/mol. The van der Waals surface area contributed by atoms with Gasteiger partial charge in [0.05, 0.1) is 17.8 Å². The Labute approximate surface area is 241 Å². The molecule has 0 aliphatic carbocycles. The highest BCUT2D eigenvalue weighted by molar-refractivity contribution is 5.94. The van der Waals surface area contributed by atoms with E-state index in [2.05, 4.69) is 78.1 Å². The lowest BCUT2D eigenvalue weighted by atomic mass is 10.0. The van der Waals surface area contributed by atoms with Gasteiger partial charge in [-0.3, -0.25) is 19.7 Å². The lowest BCUT2D eigenvalue weighted by molar-refractivity contribution is 0.128. The summed E-state index contributed by atoms with van der Waals surface area (Å²) in [5, 5.41) is 5.62. The molecular formula is C35H37N5O. The fraction of sp³-hybridized carbons (Fsp3) is 0.286. The third-order valence-corrected chi connectivity index (χ3v) is 8.25. The van der Waals surface area contributed by atoms with Crippen molar-refractivity contribution < 1.29 is 0 Å². The highest BCUT2D eigenvalue weighted by atomic mass is 16.1. The van der Waals surface area contributed by atoms with Gasteiger partial charge in [-0.15, -0.1) is 0 Å². The molecule has 6 nitrogen and oxygen atoms in total. The molecule has 0 radical (unpaired) electrons. The Balaban J connectivity index is 1.27. The van der Waals surface area contributed by atoms with Gasteiger partial charge in [0.1, 0.15) is 0 Å². The molecule has 208 valence electrons. The van der Waals surface area contributed by atoms with E-state index in [1.165, 1.54) is 5.69 Å². The van der Waals surface area contributed by atoms with Gasteiger partial charge < -0.3 is 10.2 Å². The predicted molar refractivity (Wildman–Crippen MR) is 171 cm³/mol. The third kappa shape index (κ3) is 5.66. The summed E-state index contributed by atoms with van der Waals surface area (Å²) in [6.45, 7) is 13.7. The Hall–Kier alpha value is -4.29. The minimum Gasteiger partial charge on any atom is -0.379 e. The maximum Gasteiger partial charge on any atom is 0.195 e. The minimum absolute atomic E-state index is 0.0136. The molecule has 1 N–H and O–H groups in total. The summed E-state index contributed by atoms with van der Waals surface area (Å²) in [5.74, 6) is 0. The number of hydrogen-bond acceptors (Lipinski definition) is 6. The smallest absolute Gasteiger partial charge is 0.195 e. The van der Waals surface area contributed by atoms with Crippen LogP contribution in [0.2, 0.25) is 0 Å². The van der Waals surface area contributed by atoms with Gasteiger partial charge >= 0.3 is 0 Å². The number of nitrogens with zero attached hydrogens (tertiary/aromatic N) is 4. The molecule has 1 fully saturated rings. The zero-order valence-electron chi connectivity index (χ0n) is 24.3. The van der Waals surface area contributed by atoms with Crippen molar-refractivity contribution in [2.75, 3.05) is 36.4 Å². The van der Waals surface area contributed by atoms with E-state index in [1.54, 1.807) is 6.20 Å². The first-order chi connectivity index (χ1) is 19.8. The van der Waals surface area contributed by atoms with Gasteiger partial charge in [-0.25, -0.2) is 0 Å². The molecule has 0 atom stereocenters. The van der Waals surface area contributed by atoms with Crippen molar-refractivity contribution >= 4 is 33.1 Å². The number of anilines is 2. The third-order valence-electron chi connectivity index (χ3n) is 8.25. The topological polar surface area (TPSA) is 61.4 Å². The van der Waals surface area contributed by atoms with Crippen LogP contribution in [0.25, 0.3) is 32.8 Å². The summed E-state index contributed by atoms with van der Waals surface area (Å²) < 4.78 is 0. The number of rotatable bonds is 5. The van der Waals surface area contributed by atoms with Gasteiger partial charge in [-0.05, 0) is 86.7 Å². The summed E-state index contributed by atoms with van der Waals surface area (Å²) in [4.78, 5) is 28.0. The molecule has 3 heterocycles. The van der Waals surface area contributed by atoms with Crippen molar-refractivity contribution in [2.45, 2.75) is 39.8 Å². The van der Waals surface area contributed by atoms with E-state index >= 15 is 0 Å². The molecule has 0 saturated carbocycles. The number of aromatic nitrogens is 2. The fourth-order valence-electron chi connectivity index (χ4n) is 5.66. The number of fused-ring (bicyclic) bond motifs is 2. The number of hydrogen-bond donors (Lipinski definition) is 1. The normalized spacial score (nSPS) is 14.5. The summed E-state index contributed by atoms with van der Waals surface area (Å²) in [6, 6.07) is 24.5. The van der Waals surface area contributed by atoms with Crippen molar-refractivity contribution in [1.29, 1.82) is 0 Å². The summed E-state index contributed by atoms with van der Waals surface area (Å²) in [5.41, 5.74) is 7.14. The first kappa shape index (κ1) is 26.9. The van der Waals surface area contributed by atoms with Crippen molar-refractivity contribution in [3.8, 4) is 11.1 Å². The second-order valence-corrected chi connectivity index (χ2v) is 11.9. The van der Waals surface area contributed by atoms with Gasteiger partial charge in [0, 0.05) is 71.8 Å². The van der Waals surface area contributed by atoms with Crippen LogP contribution in [0.1, 0.15) is 32.0 Å². The van der Waals surface area contributed by atoms with Crippen molar-refractivity contribution in [3.05, 3.63) is 107 Å². The number of aryl methyl sites for hydroxylation is 1. The lowest BCUT2D eigenvalue weighted by Gasteiger charge is -2.43. The first-order valence-corrected chi connectivity index (χ1v) is 14.4. The maximum atomic E-state index is 13.8. The Bertz CT molecular complexity index is 1770. The van der Waals surface area contributed by atoms with Gasteiger partial charge in [0.2, 0.25) is 0 Å². The predicted octanol–water partition coefficient (Wildman–Crippen LogP) is 6.65. The molecule has 0 bridgehead atoms. The average molecular weight is 544 g/mol. The second-order valence-electron chi connectivity index (χ2n) is 11.9. The molecule has 3 aromatic carbocycles. The van der Waals surface area contributed by atoms with E-state index in [-0.39, 0.29) is 11.0 Å². The van der Waals surface area contributed by atoms with Crippen LogP contribution >= 0.6 is 0 Å². The molecule has 6 rings (SSSR count). The van der Waals surface area contributed by atoms with Gasteiger partial charge in [0.15, 0.2) is 5.43 Å². The molecule has 1 saturated heterocycles. The van der Waals surface area contributed by atoms with Crippen LogP contribution in [0.5, 0.6) is 0 Å². The van der Waals surface area contributed by atoms with E-state index in [0.717, 1.165) is 59.6 Å². The maximum absolute atomic E-state index is 13.8. The Morgan fingerprint density at radius 3 is 2.32 bits per heavy atom. The lowest BCUT2D eigenvalue weighted by Crippen LogP contribution is -2.53. The van der Waals surface area contributed by atoms with Crippen molar-refractivity contribution in [1.82, 2.24) is 14.9 Å². The zero-order valence-corrected chi connectivity index (χ0v) is 24.3. The quantitative estimate of drug-likeness (QED) is 0.268. The fourth-order valence-corrected chi connectivity index (χ4v) is 5.66.